The first-order valence-corrected chi connectivity index (χ1v) is 7.15. The van der Waals surface area contributed by atoms with E-state index in [1.165, 1.54) is 24.3 Å². The van der Waals surface area contributed by atoms with Gasteiger partial charge in [0.1, 0.15) is 5.82 Å². The minimum Gasteiger partial charge on any atom is -0.212 e. The minimum absolute atomic E-state index is 0.128. The first-order valence-electron chi connectivity index (χ1n) is 5.50. The third kappa shape index (κ3) is 4.83. The molecule has 1 aromatic rings. The second kappa shape index (κ2) is 5.14. The molecule has 0 radical (unpaired) electrons. The predicted molar refractivity (Wildman–Crippen MR) is 66.5 cm³/mol. The van der Waals surface area contributed by atoms with Crippen molar-refractivity contribution in [3.05, 3.63) is 35.6 Å². The molecule has 0 amide bonds. The van der Waals surface area contributed by atoms with Crippen LogP contribution in [0.4, 0.5) is 4.39 Å². The molecule has 17 heavy (non-hydrogen) atoms. The number of hydrogen-bond acceptors (Lipinski definition) is 2. The second-order valence-corrected chi connectivity index (χ2v) is 6.45. The van der Waals surface area contributed by atoms with Crippen LogP contribution in [0.15, 0.2) is 24.3 Å². The molecular formula is C12H18FNO2S. The van der Waals surface area contributed by atoms with Crippen LogP contribution in [0.1, 0.15) is 32.8 Å². The van der Waals surface area contributed by atoms with Crippen LogP contribution in [0.2, 0.25) is 0 Å². The van der Waals surface area contributed by atoms with E-state index in [9.17, 15) is 12.8 Å². The van der Waals surface area contributed by atoms with Gasteiger partial charge in [0.25, 0.3) is 0 Å². The number of benzene rings is 1. The lowest BCUT2D eigenvalue weighted by atomic mass is 10.0. The fraction of sp³-hybridized carbons (Fsp3) is 0.500. The van der Waals surface area contributed by atoms with Crippen molar-refractivity contribution in [2.45, 2.75) is 38.5 Å². The monoisotopic (exact) mass is 259 g/mol. The van der Waals surface area contributed by atoms with Crippen LogP contribution in [0.3, 0.4) is 0 Å². The number of rotatable bonds is 5. The van der Waals surface area contributed by atoms with E-state index in [2.05, 4.69) is 4.72 Å². The van der Waals surface area contributed by atoms with E-state index in [1.807, 2.05) is 20.8 Å². The Morgan fingerprint density at radius 2 is 1.76 bits per heavy atom. The summed E-state index contributed by atoms with van der Waals surface area (Å²) in [6.45, 7) is 5.57. The Balaban J connectivity index is 2.77. The van der Waals surface area contributed by atoms with Gasteiger partial charge in [-0.25, -0.2) is 17.5 Å². The van der Waals surface area contributed by atoms with Gasteiger partial charge in [-0.2, -0.15) is 0 Å². The Bertz CT molecular complexity index is 466. The molecule has 0 aliphatic carbocycles. The van der Waals surface area contributed by atoms with Gasteiger partial charge in [-0.3, -0.25) is 0 Å². The van der Waals surface area contributed by atoms with Crippen molar-refractivity contribution in [1.82, 2.24) is 4.72 Å². The molecule has 0 saturated heterocycles. The lowest BCUT2D eigenvalue weighted by Gasteiger charge is -2.24. The van der Waals surface area contributed by atoms with Crippen LogP contribution in [0.5, 0.6) is 0 Å². The summed E-state index contributed by atoms with van der Waals surface area (Å²) in [7, 11) is -3.39. The Labute approximate surface area is 102 Å². The smallest absolute Gasteiger partial charge is 0.212 e. The second-order valence-electron chi connectivity index (χ2n) is 4.73. The Kier molecular flexibility index (Phi) is 4.27. The first kappa shape index (κ1) is 14.1. The van der Waals surface area contributed by atoms with Crippen molar-refractivity contribution in [3.8, 4) is 0 Å². The molecule has 5 heteroatoms. The topological polar surface area (TPSA) is 46.2 Å². The van der Waals surface area contributed by atoms with Crippen molar-refractivity contribution in [3.63, 3.8) is 0 Å². The van der Waals surface area contributed by atoms with Crippen molar-refractivity contribution in [2.75, 3.05) is 0 Å². The minimum atomic E-state index is -3.39. The van der Waals surface area contributed by atoms with E-state index < -0.39 is 15.6 Å². The van der Waals surface area contributed by atoms with E-state index in [4.69, 9.17) is 0 Å². The maximum absolute atomic E-state index is 12.7. The third-order valence-corrected chi connectivity index (χ3v) is 4.16. The zero-order valence-corrected chi connectivity index (χ0v) is 11.1. The molecule has 1 N–H and O–H groups in total. The summed E-state index contributed by atoms with van der Waals surface area (Å²) < 4.78 is 39.0. The molecule has 0 unspecified atom stereocenters. The van der Waals surface area contributed by atoms with Crippen LogP contribution in [-0.2, 0) is 15.8 Å². The van der Waals surface area contributed by atoms with Crippen LogP contribution in [-0.4, -0.2) is 14.0 Å². The molecule has 0 saturated carbocycles. The summed E-state index contributed by atoms with van der Waals surface area (Å²) in [4.78, 5) is 0. The van der Waals surface area contributed by atoms with Crippen molar-refractivity contribution >= 4 is 10.0 Å². The molecule has 0 heterocycles. The third-order valence-electron chi connectivity index (χ3n) is 2.59. The van der Waals surface area contributed by atoms with Crippen molar-refractivity contribution in [2.24, 2.45) is 0 Å². The molecule has 0 aliphatic heterocycles. The van der Waals surface area contributed by atoms with Gasteiger partial charge in [0.2, 0.25) is 10.0 Å². The summed E-state index contributed by atoms with van der Waals surface area (Å²) in [5, 5.41) is 0. The van der Waals surface area contributed by atoms with E-state index in [1.54, 1.807) is 0 Å². The number of halogens is 1. The molecule has 0 aliphatic rings. The van der Waals surface area contributed by atoms with Gasteiger partial charge in [-0.1, -0.05) is 19.1 Å². The highest BCUT2D eigenvalue weighted by Crippen LogP contribution is 2.12. The van der Waals surface area contributed by atoms with Crippen LogP contribution in [0, 0.1) is 5.82 Å². The Morgan fingerprint density at radius 1 is 1.24 bits per heavy atom. The van der Waals surface area contributed by atoms with E-state index >= 15 is 0 Å². The van der Waals surface area contributed by atoms with E-state index in [0.29, 0.717) is 12.0 Å². The zero-order chi connectivity index (χ0) is 13.1. The number of nitrogens with one attached hydrogen (secondary N) is 1. The molecule has 1 aromatic carbocycles. The molecule has 96 valence electrons. The SMILES string of the molecule is CCC(C)(C)NS(=O)(=O)Cc1ccc(F)cc1. The van der Waals surface area contributed by atoms with Crippen LogP contribution >= 0.6 is 0 Å². The zero-order valence-electron chi connectivity index (χ0n) is 10.3. The van der Waals surface area contributed by atoms with Crippen molar-refractivity contribution < 1.29 is 12.8 Å². The average Bonchev–Trinajstić information content (AvgIpc) is 2.20. The maximum Gasteiger partial charge on any atom is 0.216 e. The number of sulfonamides is 1. The highest BCUT2D eigenvalue weighted by Gasteiger charge is 2.22. The van der Waals surface area contributed by atoms with Gasteiger partial charge in [0.15, 0.2) is 0 Å². The highest BCUT2D eigenvalue weighted by atomic mass is 32.2. The predicted octanol–water partition coefficient (Wildman–Crippen LogP) is 2.43. The normalized spacial score (nSPS) is 12.7. The fourth-order valence-corrected chi connectivity index (χ4v) is 3.02. The summed E-state index contributed by atoms with van der Waals surface area (Å²) >= 11 is 0. The van der Waals surface area contributed by atoms with E-state index in [0.717, 1.165) is 0 Å². The average molecular weight is 259 g/mol. The molecule has 0 spiro atoms. The summed E-state index contributed by atoms with van der Waals surface area (Å²) in [5.41, 5.74) is 0.115. The summed E-state index contributed by atoms with van der Waals surface area (Å²) in [6, 6.07) is 5.48. The molecule has 0 bridgehead atoms. The van der Waals surface area contributed by atoms with Gasteiger partial charge in [0.05, 0.1) is 5.75 Å². The number of hydrogen-bond donors (Lipinski definition) is 1. The molecular weight excluding hydrogens is 241 g/mol. The Hall–Kier alpha value is -0.940. The molecule has 1 rings (SSSR count). The quantitative estimate of drug-likeness (QED) is 0.882. The van der Waals surface area contributed by atoms with Gasteiger partial charge in [-0.05, 0) is 38.0 Å². The summed E-state index contributed by atoms with van der Waals surface area (Å²) in [5.74, 6) is -0.496. The standard InChI is InChI=1S/C12H18FNO2S/c1-4-12(2,3)14-17(15,16)9-10-5-7-11(13)8-6-10/h5-8,14H,4,9H2,1-3H3. The highest BCUT2D eigenvalue weighted by molar-refractivity contribution is 7.88. The van der Waals surface area contributed by atoms with E-state index in [-0.39, 0.29) is 11.6 Å². The van der Waals surface area contributed by atoms with Crippen LogP contribution in [0.25, 0.3) is 0 Å². The maximum atomic E-state index is 12.7. The van der Waals surface area contributed by atoms with Crippen LogP contribution < -0.4 is 4.72 Å². The molecule has 3 nitrogen and oxygen atoms in total. The van der Waals surface area contributed by atoms with Gasteiger partial charge in [-0.15, -0.1) is 0 Å². The summed E-state index contributed by atoms with van der Waals surface area (Å²) in [6.07, 6.45) is 0.704. The van der Waals surface area contributed by atoms with Gasteiger partial charge >= 0.3 is 0 Å². The lowest BCUT2D eigenvalue weighted by molar-refractivity contribution is 0.439. The Morgan fingerprint density at radius 3 is 2.24 bits per heavy atom. The molecule has 0 aromatic heterocycles. The lowest BCUT2D eigenvalue weighted by Crippen LogP contribution is -2.43. The van der Waals surface area contributed by atoms with Crippen molar-refractivity contribution in [1.29, 1.82) is 0 Å². The molecule has 0 atom stereocenters. The largest absolute Gasteiger partial charge is 0.216 e. The first-order chi connectivity index (χ1) is 7.74. The fourth-order valence-electron chi connectivity index (χ4n) is 1.33. The van der Waals surface area contributed by atoms with Gasteiger partial charge < -0.3 is 0 Å². The molecule has 0 fully saturated rings. The van der Waals surface area contributed by atoms with Gasteiger partial charge in [0, 0.05) is 5.54 Å².